The zero-order chi connectivity index (χ0) is 12.7. The van der Waals surface area contributed by atoms with E-state index < -0.39 is 0 Å². The Kier molecular flexibility index (Phi) is 2.86. The third-order valence-electron chi connectivity index (χ3n) is 4.01. The Bertz CT molecular complexity index is 484. The lowest BCUT2D eigenvalue weighted by Crippen LogP contribution is -2.28. The Morgan fingerprint density at radius 3 is 2.61 bits per heavy atom. The molecule has 5 nitrogen and oxygen atoms in total. The number of anilines is 1. The first kappa shape index (κ1) is 11.7. The second-order valence-electron chi connectivity index (χ2n) is 5.73. The fourth-order valence-electron chi connectivity index (χ4n) is 2.94. The lowest BCUT2D eigenvalue weighted by Gasteiger charge is -2.19. The molecule has 5 heteroatoms. The van der Waals surface area contributed by atoms with Crippen molar-refractivity contribution in [3.63, 3.8) is 0 Å². The number of nitrogens with one attached hydrogen (secondary N) is 2. The van der Waals surface area contributed by atoms with Gasteiger partial charge in [0, 0.05) is 38.2 Å². The smallest absolute Gasteiger partial charge is 0.252 e. The molecule has 0 amide bonds. The third-order valence-corrected chi connectivity index (χ3v) is 4.01. The van der Waals surface area contributed by atoms with Crippen LogP contribution in [-0.4, -0.2) is 36.1 Å². The normalized spacial score (nSPS) is 26.9. The molecule has 0 saturated carbocycles. The number of hydrogen-bond acceptors (Lipinski definition) is 4. The van der Waals surface area contributed by atoms with E-state index >= 15 is 0 Å². The second kappa shape index (κ2) is 4.39. The lowest BCUT2D eigenvalue weighted by molar-refractivity contribution is 0.533. The molecule has 2 aliphatic rings. The summed E-state index contributed by atoms with van der Waals surface area (Å²) in [6, 6.07) is 1.63. The molecule has 0 spiro atoms. The average Bonchev–Trinajstić information content (AvgIpc) is 2.87. The molecule has 2 aliphatic heterocycles. The van der Waals surface area contributed by atoms with E-state index in [0.717, 1.165) is 37.8 Å². The van der Waals surface area contributed by atoms with Crippen LogP contribution < -0.4 is 15.8 Å². The van der Waals surface area contributed by atoms with Crippen LogP contribution in [-0.2, 0) is 0 Å². The van der Waals surface area contributed by atoms with Crippen LogP contribution in [0, 0.1) is 11.8 Å². The second-order valence-corrected chi connectivity index (χ2v) is 5.73. The fourth-order valence-corrected chi connectivity index (χ4v) is 2.94. The van der Waals surface area contributed by atoms with Gasteiger partial charge < -0.3 is 15.2 Å². The molecular formula is C13H20N4O. The summed E-state index contributed by atoms with van der Waals surface area (Å²) < 4.78 is 0. The maximum Gasteiger partial charge on any atom is 0.252 e. The van der Waals surface area contributed by atoms with Gasteiger partial charge in [0.1, 0.15) is 11.6 Å². The van der Waals surface area contributed by atoms with Crippen molar-refractivity contribution in [2.45, 2.75) is 19.8 Å². The van der Waals surface area contributed by atoms with E-state index in [1.54, 1.807) is 6.07 Å². The van der Waals surface area contributed by atoms with Gasteiger partial charge in [-0.2, -0.15) is 0 Å². The van der Waals surface area contributed by atoms with Gasteiger partial charge in [0.2, 0.25) is 0 Å². The number of nitrogens with zero attached hydrogens (tertiary/aromatic N) is 2. The molecule has 98 valence electrons. The predicted molar refractivity (Wildman–Crippen MR) is 71.0 cm³/mol. The molecule has 1 aromatic rings. The molecular weight excluding hydrogens is 228 g/mol. The molecule has 2 atom stereocenters. The van der Waals surface area contributed by atoms with Gasteiger partial charge in [-0.05, 0) is 11.8 Å². The molecule has 0 radical (unpaired) electrons. The Hall–Kier alpha value is -1.36. The first-order valence-corrected chi connectivity index (χ1v) is 6.70. The highest BCUT2D eigenvalue weighted by molar-refractivity contribution is 5.40. The van der Waals surface area contributed by atoms with Gasteiger partial charge in [-0.1, -0.05) is 13.8 Å². The molecule has 2 fully saturated rings. The zero-order valence-corrected chi connectivity index (χ0v) is 10.9. The number of H-pyrrole nitrogens is 1. The Labute approximate surface area is 107 Å². The van der Waals surface area contributed by atoms with Crippen molar-refractivity contribution in [3.8, 4) is 0 Å². The van der Waals surface area contributed by atoms with Crippen molar-refractivity contribution >= 4 is 5.82 Å². The quantitative estimate of drug-likeness (QED) is 0.802. The minimum absolute atomic E-state index is 0.0427. The van der Waals surface area contributed by atoms with Gasteiger partial charge >= 0.3 is 0 Å². The lowest BCUT2D eigenvalue weighted by atomic mass is 10.0. The molecule has 0 bridgehead atoms. The number of aromatic amines is 1. The summed E-state index contributed by atoms with van der Waals surface area (Å²) in [6.07, 6.45) is 0. The number of hydrogen-bond donors (Lipinski definition) is 2. The molecule has 2 N–H and O–H groups in total. The van der Waals surface area contributed by atoms with Crippen LogP contribution in [0.4, 0.5) is 5.82 Å². The van der Waals surface area contributed by atoms with Gasteiger partial charge in [0.05, 0.1) is 0 Å². The SMILES string of the molecule is CC(C)c1nc(N2CC3CNCC3C2)cc(=O)[nH]1. The molecule has 18 heavy (non-hydrogen) atoms. The molecule has 2 saturated heterocycles. The Morgan fingerprint density at radius 2 is 2.00 bits per heavy atom. The van der Waals surface area contributed by atoms with Crippen molar-refractivity contribution in [1.82, 2.24) is 15.3 Å². The Balaban J connectivity index is 1.86. The molecule has 3 heterocycles. The van der Waals surface area contributed by atoms with Gasteiger partial charge in [-0.15, -0.1) is 0 Å². The van der Waals surface area contributed by atoms with Gasteiger partial charge in [-0.25, -0.2) is 4.98 Å². The van der Waals surface area contributed by atoms with Crippen LogP contribution in [0.25, 0.3) is 0 Å². The summed E-state index contributed by atoms with van der Waals surface area (Å²) in [5.74, 6) is 3.31. The van der Waals surface area contributed by atoms with Crippen LogP contribution in [0.2, 0.25) is 0 Å². The van der Waals surface area contributed by atoms with E-state index in [-0.39, 0.29) is 11.5 Å². The van der Waals surface area contributed by atoms with Crippen molar-refractivity contribution in [2.24, 2.45) is 11.8 Å². The van der Waals surface area contributed by atoms with Crippen molar-refractivity contribution in [3.05, 3.63) is 22.2 Å². The maximum atomic E-state index is 11.7. The van der Waals surface area contributed by atoms with E-state index in [1.807, 2.05) is 13.8 Å². The summed E-state index contributed by atoms with van der Waals surface area (Å²) >= 11 is 0. The van der Waals surface area contributed by atoms with Crippen molar-refractivity contribution in [2.75, 3.05) is 31.1 Å². The van der Waals surface area contributed by atoms with Crippen LogP contribution in [0.15, 0.2) is 10.9 Å². The largest absolute Gasteiger partial charge is 0.356 e. The number of fused-ring (bicyclic) bond motifs is 1. The van der Waals surface area contributed by atoms with Gasteiger partial charge in [-0.3, -0.25) is 4.79 Å². The Morgan fingerprint density at radius 1 is 1.33 bits per heavy atom. The summed E-state index contributed by atoms with van der Waals surface area (Å²) in [5, 5.41) is 3.42. The predicted octanol–water partition coefficient (Wildman–Crippen LogP) is 0.549. The summed E-state index contributed by atoms with van der Waals surface area (Å²) in [4.78, 5) is 21.4. The molecule has 0 aliphatic carbocycles. The number of aromatic nitrogens is 2. The first-order valence-electron chi connectivity index (χ1n) is 6.70. The van der Waals surface area contributed by atoms with Gasteiger partial charge in [0.25, 0.3) is 5.56 Å². The fraction of sp³-hybridized carbons (Fsp3) is 0.692. The summed E-state index contributed by atoms with van der Waals surface area (Å²) in [6.45, 7) is 8.33. The van der Waals surface area contributed by atoms with Crippen LogP contribution in [0.3, 0.4) is 0 Å². The van der Waals surface area contributed by atoms with Crippen molar-refractivity contribution in [1.29, 1.82) is 0 Å². The average molecular weight is 248 g/mol. The topological polar surface area (TPSA) is 61.0 Å². The summed E-state index contributed by atoms with van der Waals surface area (Å²) in [7, 11) is 0. The minimum atomic E-state index is -0.0427. The van der Waals surface area contributed by atoms with Crippen LogP contribution >= 0.6 is 0 Å². The minimum Gasteiger partial charge on any atom is -0.356 e. The maximum absolute atomic E-state index is 11.7. The zero-order valence-electron chi connectivity index (χ0n) is 10.9. The summed E-state index contributed by atoms with van der Waals surface area (Å²) in [5.41, 5.74) is -0.0427. The van der Waals surface area contributed by atoms with E-state index in [1.165, 1.54) is 0 Å². The van der Waals surface area contributed by atoms with Gasteiger partial charge in [0.15, 0.2) is 0 Å². The first-order chi connectivity index (χ1) is 8.63. The highest BCUT2D eigenvalue weighted by Crippen LogP contribution is 2.29. The number of rotatable bonds is 2. The van der Waals surface area contributed by atoms with Crippen molar-refractivity contribution < 1.29 is 0 Å². The molecule has 2 unspecified atom stereocenters. The highest BCUT2D eigenvalue weighted by Gasteiger charge is 2.36. The standard InChI is InChI=1S/C13H20N4O/c1-8(2)13-15-11(3-12(18)16-13)17-6-9-4-14-5-10(9)7-17/h3,8-10,14H,4-7H2,1-2H3,(H,15,16,18). The monoisotopic (exact) mass is 248 g/mol. The van der Waals surface area contributed by atoms with Crippen LogP contribution in [0.5, 0.6) is 0 Å². The molecule has 0 aromatic carbocycles. The van der Waals surface area contributed by atoms with E-state index in [0.29, 0.717) is 11.8 Å². The third kappa shape index (κ3) is 2.03. The van der Waals surface area contributed by atoms with E-state index in [4.69, 9.17) is 0 Å². The van der Waals surface area contributed by atoms with E-state index in [9.17, 15) is 4.79 Å². The molecule has 3 rings (SSSR count). The van der Waals surface area contributed by atoms with Crippen LogP contribution in [0.1, 0.15) is 25.6 Å². The van der Waals surface area contributed by atoms with E-state index in [2.05, 4.69) is 20.2 Å². The molecule has 1 aromatic heterocycles. The highest BCUT2D eigenvalue weighted by atomic mass is 16.1.